The lowest BCUT2D eigenvalue weighted by Crippen LogP contribution is -2.45. The summed E-state index contributed by atoms with van der Waals surface area (Å²) in [7, 11) is 0.646. The molecule has 1 N–H and O–H groups in total. The maximum atomic E-state index is 12.9. The lowest BCUT2D eigenvalue weighted by molar-refractivity contribution is 0.0704. The molecule has 0 unspecified atom stereocenters. The first kappa shape index (κ1) is 20.1. The summed E-state index contributed by atoms with van der Waals surface area (Å²) in [4.78, 5) is 14.7. The zero-order valence-corrected chi connectivity index (χ0v) is 17.1. The van der Waals surface area contributed by atoms with E-state index in [4.69, 9.17) is 4.74 Å². The van der Waals surface area contributed by atoms with Crippen LogP contribution < -0.4 is 10.1 Å². The molecule has 0 atom stereocenters. The van der Waals surface area contributed by atoms with Crippen molar-refractivity contribution in [1.29, 1.82) is 0 Å². The SMILES string of the molecule is COc1ccc(C(=O)N2CCC(NCC3CC3)CC2)cc1S(=O)(=O)N(C)C. The standard InChI is InChI=1S/C19H29N3O4S/c1-21(2)27(24,25)18-12-15(6-7-17(18)26-3)19(23)22-10-8-16(9-11-22)20-13-14-4-5-14/h6-7,12,14,16,20H,4-5,8-11,13H2,1-3H3. The van der Waals surface area contributed by atoms with Crippen LogP contribution in [0.3, 0.4) is 0 Å². The zero-order chi connectivity index (χ0) is 19.6. The molecule has 3 rings (SSSR count). The number of carbonyl (C=O) groups is 1. The molecule has 7 nitrogen and oxygen atoms in total. The van der Waals surface area contributed by atoms with Crippen LogP contribution >= 0.6 is 0 Å². The van der Waals surface area contributed by atoms with Gasteiger partial charge in [-0.15, -0.1) is 0 Å². The van der Waals surface area contributed by atoms with E-state index >= 15 is 0 Å². The quantitative estimate of drug-likeness (QED) is 0.758. The van der Waals surface area contributed by atoms with E-state index in [2.05, 4.69) is 5.32 Å². The van der Waals surface area contributed by atoms with Gasteiger partial charge in [0.1, 0.15) is 10.6 Å². The second kappa shape index (κ2) is 8.16. The van der Waals surface area contributed by atoms with Gasteiger partial charge >= 0.3 is 0 Å². The van der Waals surface area contributed by atoms with Crippen molar-refractivity contribution in [3.05, 3.63) is 23.8 Å². The first-order valence-electron chi connectivity index (χ1n) is 9.46. The molecule has 1 aromatic carbocycles. The summed E-state index contributed by atoms with van der Waals surface area (Å²) in [6.45, 7) is 2.45. The van der Waals surface area contributed by atoms with E-state index in [0.717, 1.165) is 29.6 Å². The number of hydrogen-bond acceptors (Lipinski definition) is 5. The molecule has 1 heterocycles. The van der Waals surface area contributed by atoms with Gasteiger partial charge in [0.05, 0.1) is 7.11 Å². The molecule has 2 aliphatic rings. The van der Waals surface area contributed by atoms with E-state index in [0.29, 0.717) is 24.7 Å². The Bertz CT molecular complexity index is 782. The third-order valence-electron chi connectivity index (χ3n) is 5.34. The molecule has 150 valence electrons. The molecule has 2 fully saturated rings. The number of carbonyl (C=O) groups excluding carboxylic acids is 1. The Labute approximate surface area is 161 Å². The number of piperidine rings is 1. The molecule has 0 bridgehead atoms. The smallest absolute Gasteiger partial charge is 0.253 e. The second-order valence-electron chi connectivity index (χ2n) is 7.57. The fourth-order valence-electron chi connectivity index (χ4n) is 3.33. The number of nitrogens with one attached hydrogen (secondary N) is 1. The van der Waals surface area contributed by atoms with Crippen LogP contribution in [0.15, 0.2) is 23.1 Å². The number of likely N-dealkylation sites (tertiary alicyclic amines) is 1. The normalized spacial score (nSPS) is 18.7. The fourth-order valence-corrected chi connectivity index (χ4v) is 4.41. The topological polar surface area (TPSA) is 79.0 Å². The number of benzene rings is 1. The molecule has 0 radical (unpaired) electrons. The third-order valence-corrected chi connectivity index (χ3v) is 7.18. The highest BCUT2D eigenvalue weighted by Gasteiger charge is 2.28. The number of hydrogen-bond donors (Lipinski definition) is 1. The Hall–Kier alpha value is -1.64. The van der Waals surface area contributed by atoms with Gasteiger partial charge < -0.3 is 15.0 Å². The van der Waals surface area contributed by atoms with Crippen LogP contribution in [0.25, 0.3) is 0 Å². The van der Waals surface area contributed by atoms with Crippen LogP contribution in [0, 0.1) is 5.92 Å². The van der Waals surface area contributed by atoms with Gasteiger partial charge in [0.25, 0.3) is 5.91 Å². The lowest BCUT2D eigenvalue weighted by atomic mass is 10.0. The summed E-state index contributed by atoms with van der Waals surface area (Å²) in [5.41, 5.74) is 0.376. The molecular formula is C19H29N3O4S. The Morgan fingerprint density at radius 2 is 1.89 bits per heavy atom. The zero-order valence-electron chi connectivity index (χ0n) is 16.3. The molecule has 1 amide bonds. The summed E-state index contributed by atoms with van der Waals surface area (Å²) >= 11 is 0. The van der Waals surface area contributed by atoms with E-state index in [1.807, 2.05) is 4.90 Å². The van der Waals surface area contributed by atoms with Crippen LogP contribution in [0.4, 0.5) is 0 Å². The van der Waals surface area contributed by atoms with Gasteiger partial charge in [0, 0.05) is 38.8 Å². The van der Waals surface area contributed by atoms with Gasteiger partial charge in [-0.1, -0.05) is 0 Å². The number of sulfonamides is 1. The minimum atomic E-state index is -3.70. The van der Waals surface area contributed by atoms with Gasteiger partial charge in [-0.05, 0) is 56.3 Å². The van der Waals surface area contributed by atoms with Gasteiger partial charge in [-0.2, -0.15) is 0 Å². The van der Waals surface area contributed by atoms with E-state index in [1.165, 1.54) is 40.1 Å². The van der Waals surface area contributed by atoms with Crippen molar-refractivity contribution >= 4 is 15.9 Å². The molecular weight excluding hydrogens is 366 g/mol. The molecule has 1 aliphatic carbocycles. The Kier molecular flexibility index (Phi) is 6.08. The number of ether oxygens (including phenoxy) is 1. The van der Waals surface area contributed by atoms with E-state index in [1.54, 1.807) is 12.1 Å². The maximum Gasteiger partial charge on any atom is 0.253 e. The summed E-state index contributed by atoms with van der Waals surface area (Å²) < 4.78 is 31.4. The molecule has 1 aromatic rings. The van der Waals surface area contributed by atoms with E-state index in [-0.39, 0.29) is 16.6 Å². The van der Waals surface area contributed by atoms with Crippen LogP contribution in [0.2, 0.25) is 0 Å². The van der Waals surface area contributed by atoms with Crippen molar-refractivity contribution < 1.29 is 17.9 Å². The summed E-state index contributed by atoms with van der Waals surface area (Å²) in [6, 6.07) is 5.07. The summed E-state index contributed by atoms with van der Waals surface area (Å²) in [5.74, 6) is 0.956. The van der Waals surface area contributed by atoms with Crippen LogP contribution in [0.1, 0.15) is 36.0 Å². The minimum Gasteiger partial charge on any atom is -0.495 e. The number of rotatable bonds is 7. The predicted octanol–water partition coefficient (Wildman–Crippen LogP) is 1.55. The minimum absolute atomic E-state index is 0.0156. The van der Waals surface area contributed by atoms with E-state index < -0.39 is 10.0 Å². The molecule has 0 spiro atoms. The molecule has 27 heavy (non-hydrogen) atoms. The van der Waals surface area contributed by atoms with Crippen molar-refractivity contribution in [3.8, 4) is 5.75 Å². The van der Waals surface area contributed by atoms with Crippen LogP contribution in [-0.2, 0) is 10.0 Å². The van der Waals surface area contributed by atoms with E-state index in [9.17, 15) is 13.2 Å². The van der Waals surface area contributed by atoms with Gasteiger partial charge in [0.2, 0.25) is 10.0 Å². The van der Waals surface area contributed by atoms with Gasteiger partial charge in [-0.25, -0.2) is 12.7 Å². The van der Waals surface area contributed by atoms with Crippen molar-refractivity contribution in [3.63, 3.8) is 0 Å². The Morgan fingerprint density at radius 1 is 1.22 bits per heavy atom. The highest BCUT2D eigenvalue weighted by molar-refractivity contribution is 7.89. The Morgan fingerprint density at radius 3 is 2.44 bits per heavy atom. The first-order chi connectivity index (χ1) is 12.8. The molecule has 8 heteroatoms. The summed E-state index contributed by atoms with van der Waals surface area (Å²) in [5, 5.41) is 3.60. The van der Waals surface area contributed by atoms with Crippen LogP contribution in [0.5, 0.6) is 5.75 Å². The average molecular weight is 396 g/mol. The average Bonchev–Trinajstić information content (AvgIpc) is 3.50. The molecule has 0 aromatic heterocycles. The first-order valence-corrected chi connectivity index (χ1v) is 10.9. The predicted molar refractivity (Wildman–Crippen MR) is 104 cm³/mol. The maximum absolute atomic E-state index is 12.9. The molecule has 1 aliphatic heterocycles. The third kappa shape index (κ3) is 4.62. The van der Waals surface area contributed by atoms with Gasteiger partial charge in [0.15, 0.2) is 0 Å². The largest absolute Gasteiger partial charge is 0.495 e. The monoisotopic (exact) mass is 395 g/mol. The number of amides is 1. The van der Waals surface area contributed by atoms with Crippen molar-refractivity contribution in [2.24, 2.45) is 5.92 Å². The van der Waals surface area contributed by atoms with Crippen molar-refractivity contribution in [2.75, 3.05) is 40.8 Å². The highest BCUT2D eigenvalue weighted by atomic mass is 32.2. The highest BCUT2D eigenvalue weighted by Crippen LogP contribution is 2.29. The second-order valence-corrected chi connectivity index (χ2v) is 9.69. The lowest BCUT2D eigenvalue weighted by Gasteiger charge is -2.32. The van der Waals surface area contributed by atoms with Crippen molar-refractivity contribution in [1.82, 2.24) is 14.5 Å². The van der Waals surface area contributed by atoms with Crippen molar-refractivity contribution in [2.45, 2.75) is 36.6 Å². The Balaban J connectivity index is 1.69. The fraction of sp³-hybridized carbons (Fsp3) is 0.632. The number of methoxy groups -OCH3 is 1. The van der Waals surface area contributed by atoms with Crippen LogP contribution in [-0.4, -0.2) is 70.4 Å². The molecule has 1 saturated carbocycles. The summed E-state index contributed by atoms with van der Waals surface area (Å²) in [6.07, 6.45) is 4.52. The number of nitrogens with zero attached hydrogens (tertiary/aromatic N) is 2. The van der Waals surface area contributed by atoms with Gasteiger partial charge in [-0.3, -0.25) is 4.79 Å². The molecule has 1 saturated heterocycles.